The Hall–Kier alpha value is -1.92. The van der Waals surface area contributed by atoms with Crippen LogP contribution in [-0.2, 0) is 9.59 Å². The smallest absolute Gasteiger partial charge is 0.241 e. The average Bonchev–Trinajstić information content (AvgIpc) is 3.05. The molecule has 2 aliphatic heterocycles. The predicted molar refractivity (Wildman–Crippen MR) is 82.4 cm³/mol. The van der Waals surface area contributed by atoms with Gasteiger partial charge in [-0.3, -0.25) is 9.59 Å². The van der Waals surface area contributed by atoms with Crippen LogP contribution in [0.1, 0.15) is 30.9 Å². The minimum Gasteiger partial charge on any atom is -0.369 e. The molecule has 4 N–H and O–H groups in total. The number of amides is 2. The van der Waals surface area contributed by atoms with Gasteiger partial charge in [0, 0.05) is 19.1 Å². The monoisotopic (exact) mass is 302 g/mol. The third-order valence-corrected chi connectivity index (χ3v) is 4.54. The molecule has 2 amide bonds. The number of nitrogens with zero attached hydrogens (tertiary/aromatic N) is 1. The summed E-state index contributed by atoms with van der Waals surface area (Å²) in [5.41, 5.74) is 12.8. The van der Waals surface area contributed by atoms with Crippen LogP contribution in [-0.4, -0.2) is 35.8 Å². The van der Waals surface area contributed by atoms with E-state index < -0.39 is 0 Å². The molecule has 2 saturated heterocycles. The van der Waals surface area contributed by atoms with Crippen molar-refractivity contribution in [1.82, 2.24) is 15.8 Å². The van der Waals surface area contributed by atoms with Crippen molar-refractivity contribution in [1.29, 1.82) is 0 Å². The van der Waals surface area contributed by atoms with Gasteiger partial charge in [-0.15, -0.1) is 0 Å². The lowest BCUT2D eigenvalue weighted by Gasteiger charge is -2.32. The second-order valence-corrected chi connectivity index (χ2v) is 6.07. The molecule has 2 aliphatic rings. The molecule has 0 aliphatic carbocycles. The van der Waals surface area contributed by atoms with Crippen LogP contribution in [0.3, 0.4) is 0 Å². The van der Waals surface area contributed by atoms with Crippen LogP contribution >= 0.6 is 0 Å². The summed E-state index contributed by atoms with van der Waals surface area (Å²) in [5.74, 6) is -0.467. The van der Waals surface area contributed by atoms with E-state index >= 15 is 0 Å². The maximum absolute atomic E-state index is 12.6. The normalized spacial score (nSPS) is 28.5. The van der Waals surface area contributed by atoms with Gasteiger partial charge in [-0.1, -0.05) is 30.3 Å². The Morgan fingerprint density at radius 1 is 1.18 bits per heavy atom. The number of nitrogens with one attached hydrogen (secondary N) is 2. The van der Waals surface area contributed by atoms with Crippen molar-refractivity contribution in [2.24, 2.45) is 11.7 Å². The van der Waals surface area contributed by atoms with Crippen molar-refractivity contribution in [2.45, 2.75) is 31.3 Å². The molecule has 0 aromatic heterocycles. The summed E-state index contributed by atoms with van der Waals surface area (Å²) in [5, 5.41) is 0. The molecule has 2 fully saturated rings. The fourth-order valence-electron chi connectivity index (χ4n) is 3.25. The summed E-state index contributed by atoms with van der Waals surface area (Å²) in [7, 11) is 0. The maximum Gasteiger partial charge on any atom is 0.241 e. The number of benzene rings is 1. The van der Waals surface area contributed by atoms with Crippen molar-refractivity contribution in [3.05, 3.63) is 35.9 Å². The van der Waals surface area contributed by atoms with Gasteiger partial charge in [0.25, 0.3) is 0 Å². The summed E-state index contributed by atoms with van der Waals surface area (Å²) < 4.78 is 0. The summed E-state index contributed by atoms with van der Waals surface area (Å²) in [6.07, 6.45) is 2.32. The van der Waals surface area contributed by atoms with Gasteiger partial charge in [-0.2, -0.15) is 0 Å². The zero-order valence-corrected chi connectivity index (χ0v) is 12.5. The number of carbonyl (C=O) groups is 2. The Bertz CT molecular complexity index is 548. The molecule has 22 heavy (non-hydrogen) atoms. The highest BCUT2D eigenvalue weighted by Crippen LogP contribution is 2.24. The van der Waals surface area contributed by atoms with Crippen molar-refractivity contribution in [3.8, 4) is 0 Å². The van der Waals surface area contributed by atoms with E-state index in [9.17, 15) is 9.59 Å². The number of rotatable bonds is 3. The second-order valence-electron chi connectivity index (χ2n) is 6.07. The van der Waals surface area contributed by atoms with Crippen molar-refractivity contribution >= 4 is 11.8 Å². The Balaban J connectivity index is 1.60. The summed E-state index contributed by atoms with van der Waals surface area (Å²) in [6.45, 7) is 1.15. The molecule has 3 unspecified atom stereocenters. The summed E-state index contributed by atoms with van der Waals surface area (Å²) in [4.78, 5) is 25.7. The Morgan fingerprint density at radius 2 is 1.95 bits per heavy atom. The van der Waals surface area contributed by atoms with Crippen molar-refractivity contribution in [2.75, 3.05) is 13.1 Å². The van der Waals surface area contributed by atoms with Gasteiger partial charge in [0.1, 0.15) is 6.04 Å². The summed E-state index contributed by atoms with van der Waals surface area (Å²) in [6, 6.07) is 9.95. The third-order valence-electron chi connectivity index (χ3n) is 4.54. The van der Waals surface area contributed by atoms with Crippen molar-refractivity contribution < 1.29 is 9.59 Å². The first kappa shape index (κ1) is 15.0. The lowest BCUT2D eigenvalue weighted by molar-refractivity contribution is -0.136. The van der Waals surface area contributed by atoms with E-state index in [1.54, 1.807) is 4.90 Å². The number of hydrazine groups is 1. The molecular formula is C16H22N4O2. The van der Waals surface area contributed by atoms with Crippen LogP contribution in [0.15, 0.2) is 30.3 Å². The maximum atomic E-state index is 12.6. The van der Waals surface area contributed by atoms with Gasteiger partial charge in [0.2, 0.25) is 11.8 Å². The van der Waals surface area contributed by atoms with E-state index in [0.29, 0.717) is 19.5 Å². The molecule has 6 heteroatoms. The standard InChI is InChI=1S/C16H22N4O2/c17-15(21)12-7-4-8-20(10-12)16(22)14-9-13(18-19-14)11-5-2-1-3-6-11/h1-3,5-6,12-14,18-19H,4,7-10H2,(H2,17,21). The fourth-order valence-corrected chi connectivity index (χ4v) is 3.25. The molecule has 0 saturated carbocycles. The highest BCUT2D eigenvalue weighted by atomic mass is 16.2. The quantitative estimate of drug-likeness (QED) is 0.750. The number of nitrogens with two attached hydrogens (primary N) is 1. The molecule has 6 nitrogen and oxygen atoms in total. The molecule has 118 valence electrons. The number of piperidine rings is 1. The SMILES string of the molecule is NC(=O)C1CCCN(C(=O)C2CC(c3ccccc3)NN2)C1. The van der Waals surface area contributed by atoms with E-state index in [4.69, 9.17) is 5.73 Å². The van der Waals surface area contributed by atoms with Crippen LogP contribution in [0.4, 0.5) is 0 Å². The highest BCUT2D eigenvalue weighted by Gasteiger charge is 2.35. The van der Waals surface area contributed by atoms with E-state index in [1.807, 2.05) is 18.2 Å². The van der Waals surface area contributed by atoms with E-state index in [0.717, 1.165) is 12.8 Å². The first-order valence-corrected chi connectivity index (χ1v) is 7.79. The molecule has 3 atom stereocenters. The molecule has 0 radical (unpaired) electrons. The van der Waals surface area contributed by atoms with Crippen LogP contribution < -0.4 is 16.6 Å². The predicted octanol–water partition coefficient (Wildman–Crippen LogP) is 0.318. The minimum absolute atomic E-state index is 0.0527. The van der Waals surface area contributed by atoms with Gasteiger partial charge in [0.05, 0.1) is 5.92 Å². The molecule has 0 spiro atoms. The average molecular weight is 302 g/mol. The van der Waals surface area contributed by atoms with Crippen LogP contribution in [0.25, 0.3) is 0 Å². The lowest BCUT2D eigenvalue weighted by Crippen LogP contribution is -2.50. The van der Waals surface area contributed by atoms with Gasteiger partial charge >= 0.3 is 0 Å². The molecule has 2 heterocycles. The Morgan fingerprint density at radius 3 is 2.68 bits per heavy atom. The number of likely N-dealkylation sites (tertiary alicyclic amines) is 1. The minimum atomic E-state index is -0.308. The Kier molecular flexibility index (Phi) is 4.40. The van der Waals surface area contributed by atoms with Gasteiger partial charge in [0.15, 0.2) is 0 Å². The molecular weight excluding hydrogens is 280 g/mol. The molecule has 1 aromatic rings. The van der Waals surface area contributed by atoms with E-state index in [1.165, 1.54) is 5.56 Å². The van der Waals surface area contributed by atoms with Gasteiger partial charge in [-0.05, 0) is 24.8 Å². The van der Waals surface area contributed by atoms with Crippen molar-refractivity contribution in [3.63, 3.8) is 0 Å². The van der Waals surface area contributed by atoms with Gasteiger partial charge in [-0.25, -0.2) is 10.9 Å². The zero-order valence-electron chi connectivity index (χ0n) is 12.5. The molecule has 1 aromatic carbocycles. The summed E-state index contributed by atoms with van der Waals surface area (Å²) >= 11 is 0. The second kappa shape index (κ2) is 6.46. The van der Waals surface area contributed by atoms with Gasteiger partial charge < -0.3 is 10.6 Å². The Labute approximate surface area is 130 Å². The topological polar surface area (TPSA) is 87.5 Å². The molecule has 3 rings (SSSR count). The third kappa shape index (κ3) is 3.13. The highest BCUT2D eigenvalue weighted by molar-refractivity contribution is 5.84. The lowest BCUT2D eigenvalue weighted by atomic mass is 9.96. The number of hydrogen-bond donors (Lipinski definition) is 3. The fraction of sp³-hybridized carbons (Fsp3) is 0.500. The first-order chi connectivity index (χ1) is 10.6. The van der Waals surface area contributed by atoms with Crippen LogP contribution in [0.2, 0.25) is 0 Å². The number of primary amides is 1. The number of hydrogen-bond acceptors (Lipinski definition) is 4. The zero-order chi connectivity index (χ0) is 15.5. The van der Waals surface area contributed by atoms with E-state index in [2.05, 4.69) is 23.0 Å². The first-order valence-electron chi connectivity index (χ1n) is 7.79. The molecule has 0 bridgehead atoms. The number of carbonyl (C=O) groups excluding carboxylic acids is 2. The van der Waals surface area contributed by atoms with E-state index in [-0.39, 0.29) is 29.8 Å². The van der Waals surface area contributed by atoms with Crippen LogP contribution in [0.5, 0.6) is 0 Å². The largest absolute Gasteiger partial charge is 0.369 e. The van der Waals surface area contributed by atoms with Crippen LogP contribution in [0, 0.1) is 5.92 Å².